The largest absolute Gasteiger partial charge is 0.473 e. The van der Waals surface area contributed by atoms with E-state index in [1.807, 2.05) is 53.2 Å². The van der Waals surface area contributed by atoms with Crippen molar-refractivity contribution in [2.75, 3.05) is 0 Å². The third-order valence-corrected chi connectivity index (χ3v) is 2.84. The Morgan fingerprint density at radius 2 is 1.84 bits per heavy atom. The maximum Gasteiger partial charge on any atom is 0.166 e. The molecule has 1 aromatic heterocycles. The number of nitrogens with zero attached hydrogens (tertiary/aromatic N) is 2. The Bertz CT molecular complexity index is 632. The van der Waals surface area contributed by atoms with Crippen LogP contribution in [0, 0.1) is 6.07 Å². The van der Waals surface area contributed by atoms with E-state index in [0.29, 0.717) is 6.73 Å². The molecule has 0 saturated carbocycles. The summed E-state index contributed by atoms with van der Waals surface area (Å²) >= 11 is 0. The molecular weight excluding hydrogens is 236 g/mol. The molecule has 0 spiro atoms. The van der Waals surface area contributed by atoms with E-state index >= 15 is 0 Å². The lowest BCUT2D eigenvalue weighted by atomic mass is 10.2. The average Bonchev–Trinajstić information content (AvgIpc) is 2.95. The highest BCUT2D eigenvalue weighted by Crippen LogP contribution is 2.19. The van der Waals surface area contributed by atoms with Gasteiger partial charge in [-0.1, -0.05) is 42.5 Å². The first-order valence-corrected chi connectivity index (χ1v) is 6.08. The highest BCUT2D eigenvalue weighted by molar-refractivity contribution is 5.58. The van der Waals surface area contributed by atoms with Gasteiger partial charge >= 0.3 is 0 Å². The molecule has 0 N–H and O–H groups in total. The zero-order valence-corrected chi connectivity index (χ0v) is 10.4. The standard InChI is InChI=1S/C16H13N2O/c1-3-7-14(8-4-1)16-11-17-12-18(16)13-19-15-9-5-2-6-10-15/h1,3-12H,13H2. The number of benzene rings is 2. The maximum atomic E-state index is 5.72. The molecule has 0 aliphatic rings. The zero-order chi connectivity index (χ0) is 12.9. The molecule has 0 atom stereocenters. The van der Waals surface area contributed by atoms with E-state index in [1.54, 1.807) is 6.33 Å². The van der Waals surface area contributed by atoms with Crippen LogP contribution >= 0.6 is 0 Å². The van der Waals surface area contributed by atoms with E-state index in [0.717, 1.165) is 17.0 Å². The lowest BCUT2D eigenvalue weighted by Crippen LogP contribution is -2.05. The van der Waals surface area contributed by atoms with Gasteiger partial charge in [-0.2, -0.15) is 0 Å². The second-order valence-electron chi connectivity index (χ2n) is 4.12. The number of imidazole rings is 1. The second kappa shape index (κ2) is 5.40. The molecule has 3 aromatic rings. The summed E-state index contributed by atoms with van der Waals surface area (Å²) in [5.74, 6) is 0.825. The predicted octanol–water partition coefficient (Wildman–Crippen LogP) is 3.39. The van der Waals surface area contributed by atoms with Crippen molar-refractivity contribution in [2.45, 2.75) is 6.73 Å². The first-order chi connectivity index (χ1) is 9.43. The molecule has 93 valence electrons. The van der Waals surface area contributed by atoms with Crippen molar-refractivity contribution in [3.05, 3.63) is 73.2 Å². The summed E-state index contributed by atoms with van der Waals surface area (Å²) in [5.41, 5.74) is 2.17. The Labute approximate surface area is 112 Å². The van der Waals surface area contributed by atoms with E-state index in [2.05, 4.69) is 23.2 Å². The Balaban J connectivity index is 1.78. The van der Waals surface area contributed by atoms with Gasteiger partial charge in [0, 0.05) is 0 Å². The fraction of sp³-hybridized carbons (Fsp3) is 0.0625. The highest BCUT2D eigenvalue weighted by Gasteiger charge is 2.04. The molecule has 1 radical (unpaired) electrons. The van der Waals surface area contributed by atoms with E-state index in [9.17, 15) is 0 Å². The molecule has 3 nitrogen and oxygen atoms in total. The molecule has 0 saturated heterocycles. The van der Waals surface area contributed by atoms with Crippen molar-refractivity contribution < 1.29 is 4.74 Å². The molecular formula is C16H13N2O. The van der Waals surface area contributed by atoms with Crippen LogP contribution in [0.4, 0.5) is 0 Å². The van der Waals surface area contributed by atoms with Crippen LogP contribution in [0.2, 0.25) is 0 Å². The Morgan fingerprint density at radius 1 is 1.05 bits per heavy atom. The van der Waals surface area contributed by atoms with Gasteiger partial charge < -0.3 is 4.74 Å². The minimum atomic E-state index is 0.439. The quantitative estimate of drug-likeness (QED) is 0.708. The zero-order valence-electron chi connectivity index (χ0n) is 10.4. The van der Waals surface area contributed by atoms with Crippen LogP contribution in [0.25, 0.3) is 11.3 Å². The van der Waals surface area contributed by atoms with Crippen molar-refractivity contribution in [3.63, 3.8) is 0 Å². The van der Waals surface area contributed by atoms with E-state index in [4.69, 9.17) is 4.74 Å². The molecule has 1 heterocycles. The van der Waals surface area contributed by atoms with Crippen molar-refractivity contribution in [2.24, 2.45) is 0 Å². The molecule has 0 unspecified atom stereocenters. The molecule has 0 aliphatic heterocycles. The van der Waals surface area contributed by atoms with Crippen molar-refractivity contribution in [1.82, 2.24) is 9.55 Å². The lowest BCUT2D eigenvalue weighted by molar-refractivity contribution is 0.238. The van der Waals surface area contributed by atoms with Crippen molar-refractivity contribution >= 4 is 0 Å². The van der Waals surface area contributed by atoms with Crippen LogP contribution in [0.3, 0.4) is 0 Å². The van der Waals surface area contributed by atoms with Crippen molar-refractivity contribution in [1.29, 1.82) is 0 Å². The number of aromatic nitrogens is 2. The Morgan fingerprint density at radius 3 is 2.63 bits per heavy atom. The summed E-state index contributed by atoms with van der Waals surface area (Å²) in [7, 11) is 0. The van der Waals surface area contributed by atoms with Gasteiger partial charge in [0.2, 0.25) is 0 Å². The third-order valence-electron chi connectivity index (χ3n) is 2.84. The highest BCUT2D eigenvalue weighted by atomic mass is 16.5. The Hall–Kier alpha value is -2.55. The lowest BCUT2D eigenvalue weighted by Gasteiger charge is -2.10. The minimum Gasteiger partial charge on any atom is -0.473 e. The molecule has 0 bridgehead atoms. The van der Waals surface area contributed by atoms with Gasteiger partial charge in [-0.15, -0.1) is 0 Å². The molecule has 0 fully saturated rings. The maximum absolute atomic E-state index is 5.72. The van der Waals surface area contributed by atoms with Gasteiger partial charge in [0.1, 0.15) is 5.75 Å². The van der Waals surface area contributed by atoms with E-state index < -0.39 is 0 Å². The predicted molar refractivity (Wildman–Crippen MR) is 73.6 cm³/mol. The van der Waals surface area contributed by atoms with E-state index in [-0.39, 0.29) is 0 Å². The summed E-state index contributed by atoms with van der Waals surface area (Å²) in [6, 6.07) is 20.6. The van der Waals surface area contributed by atoms with Gasteiger partial charge in [0.05, 0.1) is 18.2 Å². The molecule has 2 aromatic carbocycles. The summed E-state index contributed by atoms with van der Waals surface area (Å²) in [6.45, 7) is 0.439. The topological polar surface area (TPSA) is 27.1 Å². The molecule has 19 heavy (non-hydrogen) atoms. The van der Waals surface area contributed by atoms with E-state index in [1.165, 1.54) is 0 Å². The monoisotopic (exact) mass is 249 g/mol. The first-order valence-electron chi connectivity index (χ1n) is 6.08. The van der Waals surface area contributed by atoms with Crippen LogP contribution < -0.4 is 4.74 Å². The molecule has 3 heteroatoms. The van der Waals surface area contributed by atoms with Gasteiger partial charge in [0.25, 0.3) is 0 Å². The fourth-order valence-corrected chi connectivity index (χ4v) is 1.88. The second-order valence-corrected chi connectivity index (χ2v) is 4.12. The number of hydrogen-bond acceptors (Lipinski definition) is 2. The number of hydrogen-bond donors (Lipinski definition) is 0. The van der Waals surface area contributed by atoms with Crippen LogP contribution in [-0.2, 0) is 6.73 Å². The third kappa shape index (κ3) is 2.65. The van der Waals surface area contributed by atoms with Gasteiger partial charge in [-0.05, 0) is 23.8 Å². The van der Waals surface area contributed by atoms with Crippen LogP contribution in [-0.4, -0.2) is 9.55 Å². The Kier molecular flexibility index (Phi) is 3.28. The number of ether oxygens (including phenoxy) is 1. The summed E-state index contributed by atoms with van der Waals surface area (Å²) < 4.78 is 7.69. The smallest absolute Gasteiger partial charge is 0.166 e. The first kappa shape index (κ1) is 11.5. The van der Waals surface area contributed by atoms with Crippen molar-refractivity contribution in [3.8, 4) is 17.0 Å². The van der Waals surface area contributed by atoms with Crippen LogP contribution in [0.5, 0.6) is 5.75 Å². The summed E-state index contributed by atoms with van der Waals surface area (Å²) in [5, 5.41) is 0. The number of rotatable bonds is 4. The van der Waals surface area contributed by atoms with Gasteiger partial charge in [-0.25, -0.2) is 4.98 Å². The van der Waals surface area contributed by atoms with Crippen LogP contribution in [0.15, 0.2) is 67.1 Å². The average molecular weight is 249 g/mol. The normalized spacial score (nSPS) is 10.3. The molecule has 3 rings (SSSR count). The summed E-state index contributed by atoms with van der Waals surface area (Å²) in [6.07, 6.45) is 3.62. The van der Waals surface area contributed by atoms with Gasteiger partial charge in [0.15, 0.2) is 6.73 Å². The molecule has 0 amide bonds. The minimum absolute atomic E-state index is 0.439. The molecule has 0 aliphatic carbocycles. The summed E-state index contributed by atoms with van der Waals surface area (Å²) in [4.78, 5) is 4.19. The van der Waals surface area contributed by atoms with Crippen LogP contribution in [0.1, 0.15) is 0 Å². The van der Waals surface area contributed by atoms with Gasteiger partial charge in [-0.3, -0.25) is 4.57 Å². The fourth-order valence-electron chi connectivity index (χ4n) is 1.88. The SMILES string of the molecule is [c]1ccc(OCn2cncc2-c2ccccc2)cc1.